The average molecular weight is 556 g/mol. The summed E-state index contributed by atoms with van der Waals surface area (Å²) in [6.07, 6.45) is -3.11. The largest absolute Gasteiger partial charge is 0.416 e. The smallest absolute Gasteiger partial charge is 0.339 e. The van der Waals surface area contributed by atoms with Gasteiger partial charge in [-0.05, 0) is 61.1 Å². The molecule has 0 spiro atoms. The van der Waals surface area contributed by atoms with Gasteiger partial charge in [0.15, 0.2) is 0 Å². The minimum atomic E-state index is -4.37. The maximum absolute atomic E-state index is 13.1. The first-order valence-corrected chi connectivity index (χ1v) is 13.5. The van der Waals surface area contributed by atoms with Gasteiger partial charge in [-0.3, -0.25) is 4.79 Å². The SMILES string of the molecule is Cc1ccc(C(=O)N2CCC(c3ccc(C(F)(F)F)cc3)CC2)cc1NC(=O)NCCNS(=O)(=O)N(C)C. The molecule has 0 radical (unpaired) electrons. The van der Waals surface area contributed by atoms with Gasteiger partial charge in [0.1, 0.15) is 0 Å². The predicted octanol–water partition coefficient (Wildman–Crippen LogP) is 3.55. The molecule has 0 aliphatic carbocycles. The summed E-state index contributed by atoms with van der Waals surface area (Å²) in [5, 5.41) is 5.24. The number of nitrogens with one attached hydrogen (secondary N) is 3. The van der Waals surface area contributed by atoms with Crippen LogP contribution in [0.1, 0.15) is 45.8 Å². The Morgan fingerprint density at radius 3 is 2.24 bits per heavy atom. The number of urea groups is 1. The van der Waals surface area contributed by atoms with E-state index in [1.807, 2.05) is 0 Å². The summed E-state index contributed by atoms with van der Waals surface area (Å²) in [4.78, 5) is 27.1. The topological polar surface area (TPSA) is 111 Å². The minimum Gasteiger partial charge on any atom is -0.339 e. The van der Waals surface area contributed by atoms with Gasteiger partial charge in [-0.25, -0.2) is 9.52 Å². The van der Waals surface area contributed by atoms with Crippen molar-refractivity contribution in [3.63, 3.8) is 0 Å². The zero-order valence-electron chi connectivity index (χ0n) is 21.4. The second-order valence-electron chi connectivity index (χ2n) is 9.28. The molecule has 3 N–H and O–H groups in total. The third-order valence-corrected chi connectivity index (χ3v) is 7.93. The van der Waals surface area contributed by atoms with Gasteiger partial charge in [-0.1, -0.05) is 18.2 Å². The second kappa shape index (κ2) is 12.1. The average Bonchev–Trinajstić information content (AvgIpc) is 2.87. The van der Waals surface area contributed by atoms with Crippen LogP contribution in [0, 0.1) is 6.92 Å². The van der Waals surface area contributed by atoms with Crippen LogP contribution >= 0.6 is 0 Å². The molecule has 1 heterocycles. The number of rotatable bonds is 8. The van der Waals surface area contributed by atoms with Gasteiger partial charge in [-0.15, -0.1) is 0 Å². The Labute approximate surface area is 220 Å². The number of alkyl halides is 3. The van der Waals surface area contributed by atoms with Gasteiger partial charge in [0.25, 0.3) is 16.1 Å². The van der Waals surface area contributed by atoms with E-state index < -0.39 is 28.0 Å². The lowest BCUT2D eigenvalue weighted by atomic mass is 9.88. The number of likely N-dealkylation sites (tertiary alicyclic amines) is 1. The van der Waals surface area contributed by atoms with Crippen LogP contribution in [0.5, 0.6) is 0 Å². The molecule has 1 aliphatic rings. The maximum Gasteiger partial charge on any atom is 0.416 e. The van der Waals surface area contributed by atoms with Gasteiger partial charge in [0, 0.05) is 51.5 Å². The number of aryl methyl sites for hydroxylation is 1. The molecule has 38 heavy (non-hydrogen) atoms. The van der Waals surface area contributed by atoms with E-state index in [2.05, 4.69) is 15.4 Å². The molecule has 0 bridgehead atoms. The summed E-state index contributed by atoms with van der Waals surface area (Å²) in [6.45, 7) is 2.78. The van der Waals surface area contributed by atoms with E-state index >= 15 is 0 Å². The van der Waals surface area contributed by atoms with Crippen LogP contribution in [0.4, 0.5) is 23.7 Å². The first-order valence-electron chi connectivity index (χ1n) is 12.1. The molecule has 13 heteroatoms. The number of piperidine rings is 1. The van der Waals surface area contributed by atoms with Gasteiger partial charge in [0.2, 0.25) is 0 Å². The highest BCUT2D eigenvalue weighted by Gasteiger charge is 2.31. The fraction of sp³-hybridized carbons (Fsp3) is 0.440. The highest BCUT2D eigenvalue weighted by Crippen LogP contribution is 2.33. The zero-order valence-corrected chi connectivity index (χ0v) is 22.2. The molecule has 3 amide bonds. The molecule has 2 aromatic carbocycles. The molecule has 0 saturated carbocycles. The Morgan fingerprint density at radius 1 is 1.03 bits per heavy atom. The van der Waals surface area contributed by atoms with Crippen LogP contribution in [0.2, 0.25) is 0 Å². The molecular formula is C25H32F3N5O4S. The number of halogens is 3. The number of nitrogens with zero attached hydrogens (tertiary/aromatic N) is 2. The number of hydrogen-bond donors (Lipinski definition) is 3. The second-order valence-corrected chi connectivity index (χ2v) is 11.2. The Hall–Kier alpha value is -3.16. The first-order chi connectivity index (χ1) is 17.8. The molecule has 1 fully saturated rings. The molecule has 0 aromatic heterocycles. The van der Waals surface area contributed by atoms with Gasteiger partial charge < -0.3 is 15.5 Å². The van der Waals surface area contributed by atoms with E-state index in [-0.39, 0.29) is 24.9 Å². The number of hydrogen-bond acceptors (Lipinski definition) is 4. The number of carbonyl (C=O) groups is 2. The third kappa shape index (κ3) is 7.68. The Balaban J connectivity index is 1.54. The summed E-state index contributed by atoms with van der Waals surface area (Å²) < 4.78 is 65.2. The van der Waals surface area contributed by atoms with Crippen molar-refractivity contribution >= 4 is 27.8 Å². The Bertz CT molecular complexity index is 1240. The first kappa shape index (κ1) is 29.4. The van der Waals surface area contributed by atoms with Crippen LogP contribution in [0.15, 0.2) is 42.5 Å². The van der Waals surface area contributed by atoms with Crippen LogP contribution in [-0.2, 0) is 16.4 Å². The van der Waals surface area contributed by atoms with Crippen molar-refractivity contribution in [3.8, 4) is 0 Å². The van der Waals surface area contributed by atoms with E-state index in [4.69, 9.17) is 0 Å². The molecule has 0 atom stereocenters. The van der Waals surface area contributed by atoms with Crippen molar-refractivity contribution in [1.82, 2.24) is 19.2 Å². The van der Waals surface area contributed by atoms with Gasteiger partial charge in [0.05, 0.1) is 5.56 Å². The summed E-state index contributed by atoms with van der Waals surface area (Å²) in [5.41, 5.74) is 1.73. The lowest BCUT2D eigenvalue weighted by Crippen LogP contribution is -2.41. The lowest BCUT2D eigenvalue weighted by Gasteiger charge is -2.32. The van der Waals surface area contributed by atoms with Gasteiger partial charge in [-0.2, -0.15) is 25.9 Å². The number of carbonyl (C=O) groups excluding carboxylic acids is 2. The fourth-order valence-corrected chi connectivity index (χ4v) is 4.70. The van der Waals surface area contributed by atoms with Crippen molar-refractivity contribution in [1.29, 1.82) is 0 Å². The van der Waals surface area contributed by atoms with Crippen molar-refractivity contribution in [2.75, 3.05) is 45.6 Å². The van der Waals surface area contributed by atoms with E-state index in [0.29, 0.717) is 37.2 Å². The van der Waals surface area contributed by atoms with Crippen molar-refractivity contribution < 1.29 is 31.2 Å². The van der Waals surface area contributed by atoms with Crippen molar-refractivity contribution in [3.05, 3.63) is 64.7 Å². The quantitative estimate of drug-likeness (QED) is 0.433. The minimum absolute atomic E-state index is 0.00781. The van der Waals surface area contributed by atoms with Crippen LogP contribution < -0.4 is 15.4 Å². The molecule has 208 valence electrons. The summed E-state index contributed by atoms with van der Waals surface area (Å²) in [7, 11) is -0.806. The van der Waals surface area contributed by atoms with Crippen molar-refractivity contribution in [2.24, 2.45) is 0 Å². The van der Waals surface area contributed by atoms with E-state index in [9.17, 15) is 31.2 Å². The number of benzene rings is 2. The monoisotopic (exact) mass is 555 g/mol. The fourth-order valence-electron chi connectivity index (χ4n) is 4.08. The molecule has 2 aromatic rings. The van der Waals surface area contributed by atoms with E-state index in [1.54, 1.807) is 30.0 Å². The predicted molar refractivity (Wildman–Crippen MR) is 138 cm³/mol. The summed E-state index contributed by atoms with van der Waals surface area (Å²) >= 11 is 0. The van der Waals surface area contributed by atoms with Crippen LogP contribution in [-0.4, -0.2) is 69.8 Å². The molecular weight excluding hydrogens is 523 g/mol. The Kier molecular flexibility index (Phi) is 9.39. The molecule has 0 unspecified atom stereocenters. The lowest BCUT2D eigenvalue weighted by molar-refractivity contribution is -0.137. The van der Waals surface area contributed by atoms with E-state index in [1.165, 1.54) is 26.2 Å². The number of amides is 3. The van der Waals surface area contributed by atoms with Crippen molar-refractivity contribution in [2.45, 2.75) is 31.9 Å². The standard InChI is InChI=1S/C25H32F3N5O4S/c1-17-4-5-20(16-22(17)31-24(35)29-12-13-30-38(36,37)32(2)3)23(34)33-14-10-19(11-15-33)18-6-8-21(9-7-18)25(26,27)28/h4-9,16,19,30H,10-15H2,1-3H3,(H2,29,31,35). The third-order valence-electron chi connectivity index (χ3n) is 6.40. The van der Waals surface area contributed by atoms with E-state index in [0.717, 1.165) is 27.6 Å². The Morgan fingerprint density at radius 2 is 1.66 bits per heavy atom. The normalized spacial score (nSPS) is 15.0. The summed E-state index contributed by atoms with van der Waals surface area (Å²) in [5.74, 6) is -0.125. The highest BCUT2D eigenvalue weighted by molar-refractivity contribution is 7.87. The zero-order chi connectivity index (χ0) is 28.1. The molecule has 1 aliphatic heterocycles. The maximum atomic E-state index is 13.1. The number of anilines is 1. The molecule has 9 nitrogen and oxygen atoms in total. The molecule has 3 rings (SSSR count). The highest BCUT2D eigenvalue weighted by atomic mass is 32.2. The van der Waals surface area contributed by atoms with Crippen LogP contribution in [0.25, 0.3) is 0 Å². The van der Waals surface area contributed by atoms with Crippen LogP contribution in [0.3, 0.4) is 0 Å². The van der Waals surface area contributed by atoms with Gasteiger partial charge >= 0.3 is 12.2 Å². The molecule has 1 saturated heterocycles. The summed E-state index contributed by atoms with van der Waals surface area (Å²) in [6, 6.07) is 9.64.